The fourth-order valence-corrected chi connectivity index (χ4v) is 2.54. The van der Waals surface area contributed by atoms with Crippen LogP contribution in [0.3, 0.4) is 0 Å². The van der Waals surface area contributed by atoms with Crippen LogP contribution < -0.4 is 5.32 Å². The molecule has 1 rings (SSSR count). The molecule has 8 nitrogen and oxygen atoms in total. The molecule has 0 spiro atoms. The van der Waals surface area contributed by atoms with Crippen LogP contribution in [0.25, 0.3) is 0 Å². The lowest BCUT2D eigenvalue weighted by Crippen LogP contribution is -2.41. The summed E-state index contributed by atoms with van der Waals surface area (Å²) in [6.45, 7) is 12.9. The highest BCUT2D eigenvalue weighted by atomic mass is 16.6. The summed E-state index contributed by atoms with van der Waals surface area (Å²) in [6.07, 6.45) is 4.44. The first kappa shape index (κ1) is 22.8. The van der Waals surface area contributed by atoms with E-state index in [-0.39, 0.29) is 6.09 Å². The van der Waals surface area contributed by atoms with Crippen LogP contribution in [-0.4, -0.2) is 70.5 Å². The van der Waals surface area contributed by atoms with Gasteiger partial charge in [-0.3, -0.25) is 9.67 Å². The minimum absolute atomic E-state index is 0.284. The van der Waals surface area contributed by atoms with Crippen molar-refractivity contribution in [3.63, 3.8) is 0 Å². The van der Waals surface area contributed by atoms with E-state index in [1.54, 1.807) is 9.58 Å². The number of aliphatic imine (C=N–C) groups is 1. The number of carbonyl (C=O) groups is 1. The highest BCUT2D eigenvalue weighted by Gasteiger charge is 2.21. The van der Waals surface area contributed by atoms with Gasteiger partial charge in [0.2, 0.25) is 0 Å². The average molecular weight is 381 g/mol. The van der Waals surface area contributed by atoms with E-state index in [9.17, 15) is 4.79 Å². The Bertz CT molecular complexity index is 606. The van der Waals surface area contributed by atoms with Gasteiger partial charge in [0.05, 0.1) is 12.7 Å². The molecular weight excluding hydrogens is 344 g/mol. The second-order valence-corrected chi connectivity index (χ2v) is 7.58. The van der Waals surface area contributed by atoms with Crippen molar-refractivity contribution < 1.29 is 9.53 Å². The fraction of sp³-hybridized carbons (Fsp3) is 0.737. The molecule has 0 aliphatic heterocycles. The van der Waals surface area contributed by atoms with Gasteiger partial charge in [0.15, 0.2) is 5.96 Å². The van der Waals surface area contributed by atoms with Crippen molar-refractivity contribution >= 4 is 12.1 Å². The van der Waals surface area contributed by atoms with Crippen LogP contribution in [0.15, 0.2) is 17.4 Å². The number of nitrogens with zero attached hydrogens (tertiary/aromatic N) is 5. The molecule has 1 N–H and O–H groups in total. The highest BCUT2D eigenvalue weighted by Crippen LogP contribution is 2.10. The van der Waals surface area contributed by atoms with Crippen molar-refractivity contribution in [3.8, 4) is 0 Å². The topological polar surface area (TPSA) is 75.0 Å². The van der Waals surface area contributed by atoms with Crippen molar-refractivity contribution in [2.45, 2.75) is 53.2 Å². The van der Waals surface area contributed by atoms with Gasteiger partial charge >= 0.3 is 6.09 Å². The largest absolute Gasteiger partial charge is 0.444 e. The van der Waals surface area contributed by atoms with Crippen molar-refractivity contribution in [3.05, 3.63) is 18.0 Å². The molecule has 8 heteroatoms. The van der Waals surface area contributed by atoms with Gasteiger partial charge in [-0.1, -0.05) is 6.92 Å². The molecular formula is C19H36N6O2. The number of carbonyl (C=O) groups excluding carboxylic acids is 1. The first-order chi connectivity index (χ1) is 12.7. The number of rotatable bonds is 8. The normalized spacial score (nSPS) is 12.0. The van der Waals surface area contributed by atoms with Crippen molar-refractivity contribution in [1.82, 2.24) is 24.9 Å². The van der Waals surface area contributed by atoms with Crippen molar-refractivity contribution in [2.75, 3.05) is 33.2 Å². The van der Waals surface area contributed by atoms with Crippen LogP contribution in [0.1, 0.15) is 46.6 Å². The third kappa shape index (κ3) is 8.79. The summed E-state index contributed by atoms with van der Waals surface area (Å²) in [6, 6.07) is 0. The molecule has 0 saturated heterocycles. The summed E-state index contributed by atoms with van der Waals surface area (Å²) < 4.78 is 7.28. The monoisotopic (exact) mass is 380 g/mol. The SMILES string of the molecule is CCCN(CCN=C(NCC)N(C)Cc1cnn(C)c1)C(=O)OC(C)(C)C. The molecule has 1 amide bonds. The van der Waals surface area contributed by atoms with E-state index >= 15 is 0 Å². The zero-order valence-electron chi connectivity index (χ0n) is 17.9. The predicted octanol–water partition coefficient (Wildman–Crippen LogP) is 2.46. The Kier molecular flexibility index (Phi) is 9.11. The first-order valence-electron chi connectivity index (χ1n) is 9.61. The Balaban J connectivity index is 2.69. The van der Waals surface area contributed by atoms with Gasteiger partial charge in [0, 0.05) is 52.0 Å². The number of ether oxygens (including phenoxy) is 1. The highest BCUT2D eigenvalue weighted by molar-refractivity contribution is 5.79. The van der Waals surface area contributed by atoms with Crippen LogP contribution in [0.2, 0.25) is 0 Å². The number of aromatic nitrogens is 2. The Labute approximate surface area is 163 Å². The molecule has 0 bridgehead atoms. The van der Waals surface area contributed by atoms with Gasteiger partial charge in [-0.05, 0) is 34.1 Å². The van der Waals surface area contributed by atoms with Crippen LogP contribution in [-0.2, 0) is 18.3 Å². The Morgan fingerprint density at radius 2 is 2.04 bits per heavy atom. The Morgan fingerprint density at radius 3 is 2.56 bits per heavy atom. The summed E-state index contributed by atoms with van der Waals surface area (Å²) in [7, 11) is 3.90. The molecule has 1 aromatic rings. The van der Waals surface area contributed by atoms with Crippen LogP contribution in [0.5, 0.6) is 0 Å². The van der Waals surface area contributed by atoms with Gasteiger partial charge in [0.1, 0.15) is 5.60 Å². The quantitative estimate of drug-likeness (QED) is 0.554. The van der Waals surface area contributed by atoms with Crippen LogP contribution >= 0.6 is 0 Å². The predicted molar refractivity (Wildman–Crippen MR) is 109 cm³/mol. The number of aryl methyl sites for hydroxylation is 1. The van der Waals surface area contributed by atoms with Crippen LogP contribution in [0, 0.1) is 0 Å². The smallest absolute Gasteiger partial charge is 0.410 e. The third-order valence-electron chi connectivity index (χ3n) is 3.65. The minimum atomic E-state index is -0.495. The summed E-state index contributed by atoms with van der Waals surface area (Å²) in [5, 5.41) is 7.50. The van der Waals surface area contributed by atoms with E-state index in [0.29, 0.717) is 26.2 Å². The van der Waals surface area contributed by atoms with Gasteiger partial charge in [-0.2, -0.15) is 5.10 Å². The summed E-state index contributed by atoms with van der Waals surface area (Å²) in [5.74, 6) is 0.807. The molecule has 0 saturated carbocycles. The molecule has 1 heterocycles. The molecule has 0 radical (unpaired) electrons. The molecule has 0 atom stereocenters. The van der Waals surface area contributed by atoms with Gasteiger partial charge in [0.25, 0.3) is 0 Å². The molecule has 27 heavy (non-hydrogen) atoms. The van der Waals surface area contributed by atoms with E-state index in [4.69, 9.17) is 4.74 Å². The molecule has 154 valence electrons. The van der Waals surface area contributed by atoms with E-state index < -0.39 is 5.60 Å². The van der Waals surface area contributed by atoms with Crippen molar-refractivity contribution in [2.24, 2.45) is 12.0 Å². The minimum Gasteiger partial charge on any atom is -0.444 e. The maximum Gasteiger partial charge on any atom is 0.410 e. The van der Waals surface area contributed by atoms with Crippen molar-refractivity contribution in [1.29, 1.82) is 0 Å². The van der Waals surface area contributed by atoms with E-state index in [0.717, 1.165) is 24.5 Å². The number of amides is 1. The zero-order chi connectivity index (χ0) is 20.4. The number of hydrogen-bond donors (Lipinski definition) is 1. The number of hydrogen-bond acceptors (Lipinski definition) is 4. The van der Waals surface area contributed by atoms with E-state index in [1.807, 2.05) is 61.1 Å². The van der Waals surface area contributed by atoms with Crippen LogP contribution in [0.4, 0.5) is 4.79 Å². The lowest BCUT2D eigenvalue weighted by atomic mass is 10.2. The number of nitrogens with one attached hydrogen (secondary N) is 1. The molecule has 0 fully saturated rings. The lowest BCUT2D eigenvalue weighted by molar-refractivity contribution is 0.0256. The molecule has 0 aromatic carbocycles. The summed E-state index contributed by atoms with van der Waals surface area (Å²) >= 11 is 0. The first-order valence-corrected chi connectivity index (χ1v) is 9.61. The molecule has 0 aliphatic rings. The Hall–Kier alpha value is -2.25. The maximum absolute atomic E-state index is 12.3. The lowest BCUT2D eigenvalue weighted by Gasteiger charge is -2.27. The van der Waals surface area contributed by atoms with Gasteiger partial charge in [-0.25, -0.2) is 4.79 Å². The summed E-state index contributed by atoms with van der Waals surface area (Å²) in [4.78, 5) is 20.8. The van der Waals surface area contributed by atoms with Gasteiger partial charge in [-0.15, -0.1) is 0 Å². The van der Waals surface area contributed by atoms with E-state index in [1.165, 1.54) is 0 Å². The number of guanidine groups is 1. The van der Waals surface area contributed by atoms with Gasteiger partial charge < -0.3 is 19.9 Å². The molecule has 1 aromatic heterocycles. The molecule has 0 aliphatic carbocycles. The fourth-order valence-electron chi connectivity index (χ4n) is 2.54. The second kappa shape index (κ2) is 10.8. The maximum atomic E-state index is 12.3. The zero-order valence-corrected chi connectivity index (χ0v) is 17.9. The summed E-state index contributed by atoms with van der Waals surface area (Å²) in [5.41, 5.74) is 0.623. The standard InChI is InChI=1S/C19H36N6O2/c1-8-11-25(18(26)27-19(3,4)5)12-10-21-17(20-9-2)23(6)14-16-13-22-24(7)15-16/h13,15H,8-12,14H2,1-7H3,(H,20,21). The molecule has 0 unspecified atom stereocenters. The second-order valence-electron chi connectivity index (χ2n) is 7.58. The third-order valence-corrected chi connectivity index (χ3v) is 3.65. The van der Waals surface area contributed by atoms with E-state index in [2.05, 4.69) is 20.3 Å². The average Bonchev–Trinajstić information content (AvgIpc) is 2.96. The Morgan fingerprint density at radius 1 is 1.33 bits per heavy atom.